The quantitative estimate of drug-likeness (QED) is 0.746. The summed E-state index contributed by atoms with van der Waals surface area (Å²) >= 11 is 0. The SMILES string of the molecule is CCC(NC(C(=O)O)c1ccccc1)C(=O)OC. The Morgan fingerprint density at radius 1 is 1.33 bits per heavy atom. The van der Waals surface area contributed by atoms with Crippen LogP contribution in [0.2, 0.25) is 0 Å². The number of rotatable bonds is 6. The van der Waals surface area contributed by atoms with Crippen LogP contribution in [-0.4, -0.2) is 30.2 Å². The molecule has 0 amide bonds. The maximum absolute atomic E-state index is 11.5. The van der Waals surface area contributed by atoms with Gasteiger partial charge in [-0.1, -0.05) is 37.3 Å². The zero-order chi connectivity index (χ0) is 13.5. The highest BCUT2D eigenvalue weighted by Crippen LogP contribution is 2.14. The Kier molecular flexibility index (Phi) is 5.32. The first-order chi connectivity index (χ1) is 8.60. The molecular formula is C13H17NO4. The van der Waals surface area contributed by atoms with Gasteiger partial charge >= 0.3 is 11.9 Å². The maximum Gasteiger partial charge on any atom is 0.325 e. The van der Waals surface area contributed by atoms with Crippen LogP contribution in [0.3, 0.4) is 0 Å². The summed E-state index contributed by atoms with van der Waals surface area (Å²) < 4.78 is 4.63. The summed E-state index contributed by atoms with van der Waals surface area (Å²) in [6.07, 6.45) is 0.462. The molecule has 5 nitrogen and oxygen atoms in total. The fourth-order valence-electron chi connectivity index (χ4n) is 1.65. The zero-order valence-electron chi connectivity index (χ0n) is 10.4. The van der Waals surface area contributed by atoms with E-state index in [-0.39, 0.29) is 0 Å². The molecule has 0 radical (unpaired) electrons. The molecule has 1 aromatic rings. The average Bonchev–Trinajstić information content (AvgIpc) is 2.39. The topological polar surface area (TPSA) is 75.6 Å². The van der Waals surface area contributed by atoms with Gasteiger partial charge in [0.25, 0.3) is 0 Å². The van der Waals surface area contributed by atoms with E-state index >= 15 is 0 Å². The molecule has 0 aliphatic heterocycles. The highest BCUT2D eigenvalue weighted by Gasteiger charge is 2.26. The maximum atomic E-state index is 11.5. The lowest BCUT2D eigenvalue weighted by molar-refractivity contribution is -0.145. The third kappa shape index (κ3) is 3.56. The third-order valence-electron chi connectivity index (χ3n) is 2.64. The number of aliphatic carboxylic acids is 1. The molecule has 18 heavy (non-hydrogen) atoms. The number of esters is 1. The van der Waals surface area contributed by atoms with Crippen LogP contribution in [0.4, 0.5) is 0 Å². The van der Waals surface area contributed by atoms with Crippen molar-refractivity contribution in [2.75, 3.05) is 7.11 Å². The monoisotopic (exact) mass is 251 g/mol. The van der Waals surface area contributed by atoms with E-state index in [0.717, 1.165) is 0 Å². The van der Waals surface area contributed by atoms with Crippen LogP contribution >= 0.6 is 0 Å². The standard InChI is InChI=1S/C13H17NO4/c1-3-10(13(17)18-2)14-11(12(15)16)9-7-5-4-6-8-9/h4-8,10-11,14H,3H2,1-2H3,(H,15,16). The van der Waals surface area contributed by atoms with Gasteiger partial charge in [0.05, 0.1) is 7.11 Å². The van der Waals surface area contributed by atoms with Crippen molar-refractivity contribution in [3.63, 3.8) is 0 Å². The number of carbonyl (C=O) groups is 2. The minimum Gasteiger partial charge on any atom is -0.480 e. The van der Waals surface area contributed by atoms with Crippen molar-refractivity contribution in [2.45, 2.75) is 25.4 Å². The largest absolute Gasteiger partial charge is 0.480 e. The second kappa shape index (κ2) is 6.76. The first-order valence-corrected chi connectivity index (χ1v) is 5.71. The molecule has 5 heteroatoms. The summed E-state index contributed by atoms with van der Waals surface area (Å²) in [6, 6.07) is 7.18. The lowest BCUT2D eigenvalue weighted by Crippen LogP contribution is -2.42. The highest BCUT2D eigenvalue weighted by molar-refractivity contribution is 5.79. The highest BCUT2D eigenvalue weighted by atomic mass is 16.5. The fraction of sp³-hybridized carbons (Fsp3) is 0.385. The zero-order valence-corrected chi connectivity index (χ0v) is 10.4. The summed E-state index contributed by atoms with van der Waals surface area (Å²) in [6.45, 7) is 1.79. The van der Waals surface area contributed by atoms with E-state index in [0.29, 0.717) is 12.0 Å². The van der Waals surface area contributed by atoms with Crippen molar-refractivity contribution in [3.8, 4) is 0 Å². The van der Waals surface area contributed by atoms with E-state index in [1.807, 2.05) is 0 Å². The molecule has 2 atom stereocenters. The van der Waals surface area contributed by atoms with Crippen LogP contribution < -0.4 is 5.32 Å². The number of ether oxygens (including phenoxy) is 1. The summed E-state index contributed by atoms with van der Waals surface area (Å²) in [5.74, 6) is -1.48. The van der Waals surface area contributed by atoms with Gasteiger partial charge in [-0.05, 0) is 12.0 Å². The summed E-state index contributed by atoms with van der Waals surface area (Å²) in [4.78, 5) is 22.7. The number of nitrogens with one attached hydrogen (secondary N) is 1. The third-order valence-corrected chi connectivity index (χ3v) is 2.64. The molecule has 0 heterocycles. The van der Waals surface area contributed by atoms with E-state index < -0.39 is 24.0 Å². The van der Waals surface area contributed by atoms with Crippen LogP contribution in [0.15, 0.2) is 30.3 Å². The van der Waals surface area contributed by atoms with Gasteiger partial charge in [-0.25, -0.2) is 0 Å². The second-order valence-electron chi connectivity index (χ2n) is 3.83. The van der Waals surface area contributed by atoms with E-state index in [1.54, 1.807) is 37.3 Å². The van der Waals surface area contributed by atoms with Gasteiger partial charge in [-0.3, -0.25) is 14.9 Å². The molecule has 2 unspecified atom stereocenters. The van der Waals surface area contributed by atoms with Gasteiger partial charge in [0, 0.05) is 0 Å². The Labute approximate surface area is 106 Å². The molecule has 0 aliphatic rings. The molecule has 2 N–H and O–H groups in total. The molecule has 0 saturated carbocycles. The Morgan fingerprint density at radius 2 is 1.94 bits per heavy atom. The van der Waals surface area contributed by atoms with Crippen molar-refractivity contribution in [2.24, 2.45) is 0 Å². The van der Waals surface area contributed by atoms with Gasteiger partial charge in [0.2, 0.25) is 0 Å². The number of benzene rings is 1. The summed E-state index contributed by atoms with van der Waals surface area (Å²) in [5.41, 5.74) is 0.604. The normalized spacial score (nSPS) is 13.7. The number of carbonyl (C=O) groups excluding carboxylic acids is 1. The van der Waals surface area contributed by atoms with E-state index in [1.165, 1.54) is 7.11 Å². The molecule has 1 rings (SSSR count). The number of carboxylic acids is 1. The molecule has 0 bridgehead atoms. The fourth-order valence-corrected chi connectivity index (χ4v) is 1.65. The van der Waals surface area contributed by atoms with Crippen molar-refractivity contribution < 1.29 is 19.4 Å². The number of carboxylic acid groups (broad SMARTS) is 1. The molecular weight excluding hydrogens is 234 g/mol. The molecule has 98 valence electrons. The Balaban J connectivity index is 2.87. The minimum atomic E-state index is -1.02. The van der Waals surface area contributed by atoms with Gasteiger partial charge < -0.3 is 9.84 Å². The van der Waals surface area contributed by atoms with Gasteiger partial charge in [-0.2, -0.15) is 0 Å². The van der Waals surface area contributed by atoms with Crippen molar-refractivity contribution >= 4 is 11.9 Å². The molecule has 0 aromatic heterocycles. The van der Waals surface area contributed by atoms with Gasteiger partial charge in [0.15, 0.2) is 0 Å². The predicted molar refractivity (Wildman–Crippen MR) is 66.0 cm³/mol. The van der Waals surface area contributed by atoms with E-state index in [4.69, 9.17) is 0 Å². The van der Waals surface area contributed by atoms with Crippen LogP contribution in [0, 0.1) is 0 Å². The van der Waals surface area contributed by atoms with Crippen molar-refractivity contribution in [3.05, 3.63) is 35.9 Å². The first kappa shape index (κ1) is 14.2. The molecule has 0 spiro atoms. The lowest BCUT2D eigenvalue weighted by atomic mass is 10.1. The Morgan fingerprint density at radius 3 is 2.39 bits per heavy atom. The molecule has 1 aromatic carbocycles. The minimum absolute atomic E-state index is 0.459. The number of methoxy groups -OCH3 is 1. The number of hydrogen-bond acceptors (Lipinski definition) is 4. The smallest absolute Gasteiger partial charge is 0.325 e. The first-order valence-electron chi connectivity index (χ1n) is 5.71. The van der Waals surface area contributed by atoms with Crippen LogP contribution in [0.25, 0.3) is 0 Å². The van der Waals surface area contributed by atoms with Crippen LogP contribution in [0.1, 0.15) is 24.9 Å². The van der Waals surface area contributed by atoms with Crippen LogP contribution in [0.5, 0.6) is 0 Å². The van der Waals surface area contributed by atoms with E-state index in [2.05, 4.69) is 10.1 Å². The summed E-state index contributed by atoms with van der Waals surface area (Å²) in [5, 5.41) is 12.0. The van der Waals surface area contributed by atoms with Crippen LogP contribution in [-0.2, 0) is 14.3 Å². The Hall–Kier alpha value is -1.88. The number of hydrogen-bond donors (Lipinski definition) is 2. The molecule has 0 saturated heterocycles. The van der Waals surface area contributed by atoms with E-state index in [9.17, 15) is 14.7 Å². The van der Waals surface area contributed by atoms with Gasteiger partial charge in [0.1, 0.15) is 12.1 Å². The Bertz CT molecular complexity index is 405. The molecule has 0 aliphatic carbocycles. The second-order valence-corrected chi connectivity index (χ2v) is 3.83. The lowest BCUT2D eigenvalue weighted by Gasteiger charge is -2.20. The van der Waals surface area contributed by atoms with Crippen molar-refractivity contribution in [1.82, 2.24) is 5.32 Å². The average molecular weight is 251 g/mol. The molecule has 0 fully saturated rings. The predicted octanol–water partition coefficient (Wildman–Crippen LogP) is 1.35. The van der Waals surface area contributed by atoms with Gasteiger partial charge in [-0.15, -0.1) is 0 Å². The van der Waals surface area contributed by atoms with Crippen molar-refractivity contribution in [1.29, 1.82) is 0 Å². The summed E-state index contributed by atoms with van der Waals surface area (Å²) in [7, 11) is 1.28.